The van der Waals surface area contributed by atoms with Crippen LogP contribution in [0, 0.1) is 5.82 Å². The van der Waals surface area contributed by atoms with Crippen LogP contribution in [0.5, 0.6) is 0 Å². The number of amides is 2. The minimum atomic E-state index is -0.658. The van der Waals surface area contributed by atoms with E-state index in [1.807, 2.05) is 0 Å². The molecule has 4 rings (SSSR count). The molecular formula is C22H21ClFN5O3S. The highest BCUT2D eigenvalue weighted by Gasteiger charge is 2.32. The smallest absolute Gasteiger partial charge is 0.261 e. The Kier molecular flexibility index (Phi) is 6.89. The molecule has 1 saturated heterocycles. The van der Waals surface area contributed by atoms with E-state index in [1.165, 1.54) is 40.3 Å². The van der Waals surface area contributed by atoms with Crippen molar-refractivity contribution in [1.29, 1.82) is 0 Å². The molecule has 2 unspecified atom stereocenters. The standard InChI is InChI=1S/C22H21ClFN5O3S/c23-19-7-6-18(33-19)22(32)27-17-11-28(10-15(17)25)12-20(30)26-16-5-4-13(9-14(16)24)29-8-2-1-3-21(29)31/h1-9,15,17H,10-12,25H2,(H,26,30)(H,27,32). The molecule has 1 aliphatic heterocycles. The van der Waals surface area contributed by atoms with E-state index < -0.39 is 11.7 Å². The van der Waals surface area contributed by atoms with Gasteiger partial charge in [-0.3, -0.25) is 23.9 Å². The van der Waals surface area contributed by atoms with E-state index in [9.17, 15) is 18.8 Å². The number of likely N-dealkylation sites (tertiary alicyclic amines) is 1. The van der Waals surface area contributed by atoms with Gasteiger partial charge in [-0.05, 0) is 30.3 Å². The highest BCUT2D eigenvalue weighted by molar-refractivity contribution is 7.18. The third kappa shape index (κ3) is 5.48. The summed E-state index contributed by atoms with van der Waals surface area (Å²) in [6.45, 7) is 0.782. The number of aromatic nitrogens is 1. The largest absolute Gasteiger partial charge is 0.346 e. The lowest BCUT2D eigenvalue weighted by Crippen LogP contribution is -2.46. The molecule has 2 aromatic heterocycles. The second kappa shape index (κ2) is 9.84. The normalized spacial score (nSPS) is 18.3. The quantitative estimate of drug-likeness (QED) is 0.491. The molecule has 0 bridgehead atoms. The molecule has 11 heteroatoms. The molecule has 4 N–H and O–H groups in total. The predicted octanol–water partition coefficient (Wildman–Crippen LogP) is 2.07. The van der Waals surface area contributed by atoms with E-state index in [0.717, 1.165) is 0 Å². The van der Waals surface area contributed by atoms with Crippen LogP contribution in [0.2, 0.25) is 4.34 Å². The molecule has 2 atom stereocenters. The van der Waals surface area contributed by atoms with Gasteiger partial charge in [0.1, 0.15) is 5.82 Å². The van der Waals surface area contributed by atoms with Crippen LogP contribution in [0.3, 0.4) is 0 Å². The first-order valence-corrected chi connectivity index (χ1v) is 11.3. The number of benzene rings is 1. The summed E-state index contributed by atoms with van der Waals surface area (Å²) in [7, 11) is 0. The molecule has 0 spiro atoms. The fraction of sp³-hybridized carbons (Fsp3) is 0.227. The van der Waals surface area contributed by atoms with Gasteiger partial charge >= 0.3 is 0 Å². The summed E-state index contributed by atoms with van der Waals surface area (Å²) in [5.74, 6) is -1.34. The maximum Gasteiger partial charge on any atom is 0.261 e. The summed E-state index contributed by atoms with van der Waals surface area (Å²) in [5, 5.41) is 5.42. The lowest BCUT2D eigenvalue weighted by Gasteiger charge is -2.17. The second-order valence-corrected chi connectivity index (χ2v) is 9.38. The Morgan fingerprint density at radius 1 is 1.18 bits per heavy atom. The van der Waals surface area contributed by atoms with Crippen molar-refractivity contribution in [2.24, 2.45) is 5.73 Å². The fourth-order valence-electron chi connectivity index (χ4n) is 3.66. The van der Waals surface area contributed by atoms with Crippen molar-refractivity contribution < 1.29 is 14.0 Å². The van der Waals surface area contributed by atoms with Gasteiger partial charge in [0.05, 0.1) is 33.2 Å². The molecule has 3 aromatic rings. The number of nitrogens with zero attached hydrogens (tertiary/aromatic N) is 2. The highest BCUT2D eigenvalue weighted by atomic mass is 35.5. The van der Waals surface area contributed by atoms with Gasteiger partial charge in [0.2, 0.25) is 5.91 Å². The average Bonchev–Trinajstić information content (AvgIpc) is 3.35. The lowest BCUT2D eigenvalue weighted by molar-refractivity contribution is -0.117. The maximum atomic E-state index is 14.6. The molecule has 172 valence electrons. The Morgan fingerprint density at radius 3 is 2.70 bits per heavy atom. The van der Waals surface area contributed by atoms with Gasteiger partial charge in [-0.15, -0.1) is 11.3 Å². The van der Waals surface area contributed by atoms with Gasteiger partial charge < -0.3 is 16.4 Å². The highest BCUT2D eigenvalue weighted by Crippen LogP contribution is 2.22. The van der Waals surface area contributed by atoms with E-state index in [2.05, 4.69) is 10.6 Å². The van der Waals surface area contributed by atoms with Crippen LogP contribution in [0.15, 0.2) is 59.5 Å². The van der Waals surface area contributed by atoms with Crippen LogP contribution in [0.4, 0.5) is 10.1 Å². The van der Waals surface area contributed by atoms with Crippen molar-refractivity contribution in [3.05, 3.63) is 80.1 Å². The predicted molar refractivity (Wildman–Crippen MR) is 126 cm³/mol. The summed E-state index contributed by atoms with van der Waals surface area (Å²) in [4.78, 5) is 39.0. The number of nitrogens with one attached hydrogen (secondary N) is 2. The van der Waals surface area contributed by atoms with Crippen molar-refractivity contribution in [2.45, 2.75) is 12.1 Å². The van der Waals surface area contributed by atoms with Crippen molar-refractivity contribution in [3.63, 3.8) is 0 Å². The monoisotopic (exact) mass is 489 g/mol. The lowest BCUT2D eigenvalue weighted by atomic mass is 10.2. The minimum absolute atomic E-state index is 0.00969. The van der Waals surface area contributed by atoms with Crippen LogP contribution in [-0.2, 0) is 4.79 Å². The Bertz CT molecular complexity index is 1250. The zero-order valence-corrected chi connectivity index (χ0v) is 18.9. The molecule has 1 aromatic carbocycles. The number of rotatable bonds is 6. The summed E-state index contributed by atoms with van der Waals surface area (Å²) in [6, 6.07) is 11.4. The number of nitrogens with two attached hydrogens (primary N) is 1. The first-order chi connectivity index (χ1) is 15.8. The summed E-state index contributed by atoms with van der Waals surface area (Å²) < 4.78 is 16.4. The van der Waals surface area contributed by atoms with Crippen LogP contribution in [0.1, 0.15) is 9.67 Å². The number of anilines is 1. The molecule has 0 radical (unpaired) electrons. The van der Waals surface area contributed by atoms with Crippen molar-refractivity contribution >= 4 is 40.4 Å². The second-order valence-electron chi connectivity index (χ2n) is 7.66. The van der Waals surface area contributed by atoms with Crippen LogP contribution in [-0.4, -0.2) is 53.0 Å². The van der Waals surface area contributed by atoms with E-state index in [1.54, 1.807) is 35.2 Å². The summed E-state index contributed by atoms with van der Waals surface area (Å²) in [6.07, 6.45) is 1.54. The molecule has 1 fully saturated rings. The minimum Gasteiger partial charge on any atom is -0.346 e. The first-order valence-electron chi connectivity index (χ1n) is 10.1. The molecule has 3 heterocycles. The number of carbonyl (C=O) groups is 2. The van der Waals surface area contributed by atoms with Gasteiger partial charge in [0.15, 0.2) is 0 Å². The van der Waals surface area contributed by atoms with Crippen LogP contribution < -0.4 is 21.9 Å². The van der Waals surface area contributed by atoms with Gasteiger partial charge in [0, 0.05) is 37.5 Å². The first kappa shape index (κ1) is 23.1. The molecule has 1 aliphatic rings. The van der Waals surface area contributed by atoms with Gasteiger partial charge in [-0.25, -0.2) is 4.39 Å². The SMILES string of the molecule is NC1CN(CC(=O)Nc2ccc(-n3ccccc3=O)cc2F)CC1NC(=O)c1ccc(Cl)s1. The van der Waals surface area contributed by atoms with E-state index in [-0.39, 0.29) is 35.8 Å². The molecule has 2 amide bonds. The van der Waals surface area contributed by atoms with Crippen molar-refractivity contribution in [2.75, 3.05) is 25.0 Å². The molecule has 0 aliphatic carbocycles. The number of hydrogen-bond acceptors (Lipinski definition) is 6. The van der Waals surface area contributed by atoms with Gasteiger partial charge in [-0.2, -0.15) is 0 Å². The third-order valence-corrected chi connectivity index (χ3v) is 6.48. The number of thiophene rings is 1. The maximum absolute atomic E-state index is 14.6. The zero-order valence-electron chi connectivity index (χ0n) is 17.3. The fourth-order valence-corrected chi connectivity index (χ4v) is 4.61. The molecular weight excluding hydrogens is 469 g/mol. The zero-order chi connectivity index (χ0) is 23.5. The molecule has 0 saturated carbocycles. The van der Waals surface area contributed by atoms with Gasteiger partial charge in [-0.1, -0.05) is 17.7 Å². The summed E-state index contributed by atoms with van der Waals surface area (Å²) in [5.41, 5.74) is 6.21. The van der Waals surface area contributed by atoms with E-state index in [4.69, 9.17) is 17.3 Å². The topological polar surface area (TPSA) is 109 Å². The molecule has 8 nitrogen and oxygen atoms in total. The van der Waals surface area contributed by atoms with Crippen molar-refractivity contribution in [3.8, 4) is 5.69 Å². The Morgan fingerprint density at radius 2 is 2.00 bits per heavy atom. The number of carbonyl (C=O) groups excluding carboxylic acids is 2. The van der Waals surface area contributed by atoms with Crippen LogP contribution in [0.25, 0.3) is 5.69 Å². The van der Waals surface area contributed by atoms with Crippen molar-refractivity contribution in [1.82, 2.24) is 14.8 Å². The third-order valence-electron chi connectivity index (χ3n) is 5.25. The van der Waals surface area contributed by atoms with E-state index in [0.29, 0.717) is 28.0 Å². The number of hydrogen-bond donors (Lipinski definition) is 3. The van der Waals surface area contributed by atoms with E-state index >= 15 is 0 Å². The number of halogens is 2. The average molecular weight is 490 g/mol. The Balaban J connectivity index is 1.34. The Hall–Kier alpha value is -3.05. The van der Waals surface area contributed by atoms with Gasteiger partial charge in [0.25, 0.3) is 11.5 Å². The summed E-state index contributed by atoms with van der Waals surface area (Å²) >= 11 is 7.05. The van der Waals surface area contributed by atoms with Crippen LogP contribution >= 0.6 is 22.9 Å². The molecule has 33 heavy (non-hydrogen) atoms. The Labute approximate surface area is 197 Å². The number of pyridine rings is 1.